The third-order valence-electron chi connectivity index (χ3n) is 6.17. The van der Waals surface area contributed by atoms with Crippen LogP contribution in [0.1, 0.15) is 106 Å². The van der Waals surface area contributed by atoms with E-state index in [-0.39, 0.29) is 11.3 Å². The van der Waals surface area contributed by atoms with E-state index in [2.05, 4.69) is 20.8 Å². The largest absolute Gasteiger partial charge is 0.493 e. The molecule has 2 aromatic rings. The van der Waals surface area contributed by atoms with Crippen LogP contribution in [0.25, 0.3) is 0 Å². The Bertz CT molecular complexity index is 892. The van der Waals surface area contributed by atoms with E-state index in [9.17, 15) is 9.59 Å². The first-order chi connectivity index (χ1) is 17.1. The standard InChI is InChI=1S/C30H42O5/c1-4-7-9-10-11-16-22-33-27-20-14-12-18-25(27)30(32)35-28-21-15-13-19-26(28)29(31)34-23-24(6-3)17-8-5-2/h12-15,18-21,24H,4-11,16-17,22-23H2,1-3H3. The summed E-state index contributed by atoms with van der Waals surface area (Å²) in [5.74, 6) is -0.0129. The zero-order chi connectivity index (χ0) is 25.3. The van der Waals surface area contributed by atoms with Crippen LogP contribution in [0.15, 0.2) is 48.5 Å². The predicted molar refractivity (Wildman–Crippen MR) is 140 cm³/mol. The normalized spacial score (nSPS) is 11.6. The van der Waals surface area contributed by atoms with Gasteiger partial charge in [-0.2, -0.15) is 0 Å². The molecule has 1 unspecified atom stereocenters. The van der Waals surface area contributed by atoms with Crippen molar-refractivity contribution in [2.45, 2.75) is 85.0 Å². The SMILES string of the molecule is CCCCCCCCOc1ccccc1C(=O)Oc1ccccc1C(=O)OCC(CC)CCCC. The van der Waals surface area contributed by atoms with E-state index in [1.165, 1.54) is 25.7 Å². The smallest absolute Gasteiger partial charge is 0.347 e. The van der Waals surface area contributed by atoms with Crippen LogP contribution in [0.3, 0.4) is 0 Å². The van der Waals surface area contributed by atoms with Gasteiger partial charge < -0.3 is 14.2 Å². The third kappa shape index (κ3) is 10.1. The number of unbranched alkanes of at least 4 members (excludes halogenated alkanes) is 6. The summed E-state index contributed by atoms with van der Waals surface area (Å²) in [6.07, 6.45) is 11.2. The molecule has 0 N–H and O–H groups in total. The molecule has 0 aliphatic rings. The van der Waals surface area contributed by atoms with Gasteiger partial charge in [-0.25, -0.2) is 9.59 Å². The molecule has 0 heterocycles. The van der Waals surface area contributed by atoms with Gasteiger partial charge >= 0.3 is 11.9 Å². The fraction of sp³-hybridized carbons (Fsp3) is 0.533. The van der Waals surface area contributed by atoms with Gasteiger partial charge in [-0.3, -0.25) is 0 Å². The molecule has 0 fully saturated rings. The van der Waals surface area contributed by atoms with Crippen LogP contribution >= 0.6 is 0 Å². The number of ether oxygens (including phenoxy) is 3. The van der Waals surface area contributed by atoms with E-state index >= 15 is 0 Å². The van der Waals surface area contributed by atoms with Crippen molar-refractivity contribution in [2.75, 3.05) is 13.2 Å². The fourth-order valence-electron chi connectivity index (χ4n) is 3.87. The third-order valence-corrected chi connectivity index (χ3v) is 6.17. The van der Waals surface area contributed by atoms with Gasteiger partial charge in [-0.15, -0.1) is 0 Å². The van der Waals surface area contributed by atoms with E-state index in [4.69, 9.17) is 14.2 Å². The van der Waals surface area contributed by atoms with E-state index < -0.39 is 11.9 Å². The lowest BCUT2D eigenvalue weighted by Gasteiger charge is -2.16. The molecule has 0 aliphatic heterocycles. The molecular formula is C30H42O5. The predicted octanol–water partition coefficient (Wildman–Crippen LogP) is 8.02. The summed E-state index contributed by atoms with van der Waals surface area (Å²) in [4.78, 5) is 25.8. The Morgan fingerprint density at radius 1 is 0.714 bits per heavy atom. The van der Waals surface area contributed by atoms with Crippen molar-refractivity contribution in [3.8, 4) is 11.5 Å². The van der Waals surface area contributed by atoms with Crippen molar-refractivity contribution in [3.63, 3.8) is 0 Å². The Hall–Kier alpha value is -2.82. The molecule has 0 saturated heterocycles. The summed E-state index contributed by atoms with van der Waals surface area (Å²) in [7, 11) is 0. The molecule has 0 amide bonds. The number of benzene rings is 2. The van der Waals surface area contributed by atoms with Crippen LogP contribution in [0.2, 0.25) is 0 Å². The van der Waals surface area contributed by atoms with Crippen molar-refractivity contribution in [1.29, 1.82) is 0 Å². The summed E-state index contributed by atoms with van der Waals surface area (Å²) < 4.78 is 17.1. The second-order valence-corrected chi connectivity index (χ2v) is 9.01. The van der Waals surface area contributed by atoms with Gasteiger partial charge in [-0.1, -0.05) is 96.4 Å². The fourth-order valence-corrected chi connectivity index (χ4v) is 3.87. The monoisotopic (exact) mass is 482 g/mol. The molecule has 0 bridgehead atoms. The summed E-state index contributed by atoms with van der Waals surface area (Å²) in [6, 6.07) is 13.8. The molecule has 2 aromatic carbocycles. The Labute approximate surface area is 211 Å². The molecule has 5 nitrogen and oxygen atoms in total. The summed E-state index contributed by atoms with van der Waals surface area (Å²) in [5.41, 5.74) is 0.587. The van der Waals surface area contributed by atoms with Gasteiger partial charge in [0.2, 0.25) is 0 Å². The molecule has 2 rings (SSSR count). The number of hydrogen-bond donors (Lipinski definition) is 0. The average molecular weight is 483 g/mol. The van der Waals surface area contributed by atoms with Gasteiger partial charge in [0.05, 0.1) is 13.2 Å². The molecule has 5 heteroatoms. The highest BCUT2D eigenvalue weighted by atomic mass is 16.6. The minimum Gasteiger partial charge on any atom is -0.493 e. The first-order valence-electron chi connectivity index (χ1n) is 13.3. The molecule has 192 valence electrons. The quantitative estimate of drug-likeness (QED) is 0.130. The van der Waals surface area contributed by atoms with Crippen LogP contribution in [0.4, 0.5) is 0 Å². The topological polar surface area (TPSA) is 61.8 Å². The minimum absolute atomic E-state index is 0.190. The maximum atomic E-state index is 13.0. The van der Waals surface area contributed by atoms with Gasteiger partial charge in [0.15, 0.2) is 0 Å². The minimum atomic E-state index is -0.557. The lowest BCUT2D eigenvalue weighted by atomic mass is 10.0. The molecule has 0 radical (unpaired) electrons. The van der Waals surface area contributed by atoms with E-state index in [0.717, 1.165) is 38.5 Å². The summed E-state index contributed by atoms with van der Waals surface area (Å²) in [6.45, 7) is 7.39. The first-order valence-corrected chi connectivity index (χ1v) is 13.3. The van der Waals surface area contributed by atoms with E-state index in [1.807, 2.05) is 6.07 Å². The lowest BCUT2D eigenvalue weighted by molar-refractivity contribution is 0.0423. The van der Waals surface area contributed by atoms with Crippen LogP contribution < -0.4 is 9.47 Å². The zero-order valence-electron chi connectivity index (χ0n) is 21.7. The number of carbonyl (C=O) groups is 2. The van der Waals surface area contributed by atoms with Crippen molar-refractivity contribution < 1.29 is 23.8 Å². The number of carbonyl (C=O) groups excluding carboxylic acids is 2. The summed E-state index contributed by atoms with van der Waals surface area (Å²) in [5, 5.41) is 0. The maximum Gasteiger partial charge on any atom is 0.347 e. The highest BCUT2D eigenvalue weighted by Crippen LogP contribution is 2.25. The second-order valence-electron chi connectivity index (χ2n) is 9.01. The summed E-state index contributed by atoms with van der Waals surface area (Å²) >= 11 is 0. The Morgan fingerprint density at radius 3 is 2.00 bits per heavy atom. The first kappa shape index (κ1) is 28.4. The van der Waals surface area contributed by atoms with Crippen LogP contribution in [0.5, 0.6) is 11.5 Å². The molecule has 0 aromatic heterocycles. The van der Waals surface area contributed by atoms with Crippen molar-refractivity contribution in [3.05, 3.63) is 59.7 Å². The Kier molecular flexibility index (Phi) is 13.6. The molecule has 0 spiro atoms. The van der Waals surface area contributed by atoms with Crippen LogP contribution in [-0.2, 0) is 4.74 Å². The molecular weight excluding hydrogens is 440 g/mol. The molecule has 0 aliphatic carbocycles. The van der Waals surface area contributed by atoms with Gasteiger partial charge in [0, 0.05) is 0 Å². The second kappa shape index (κ2) is 16.7. The van der Waals surface area contributed by atoms with Gasteiger partial charge in [-0.05, 0) is 43.0 Å². The molecule has 35 heavy (non-hydrogen) atoms. The Morgan fingerprint density at radius 2 is 1.31 bits per heavy atom. The maximum absolute atomic E-state index is 13.0. The van der Waals surface area contributed by atoms with Crippen molar-refractivity contribution in [1.82, 2.24) is 0 Å². The average Bonchev–Trinajstić information content (AvgIpc) is 2.88. The van der Waals surface area contributed by atoms with Crippen LogP contribution in [0, 0.1) is 5.92 Å². The van der Waals surface area contributed by atoms with E-state index in [0.29, 0.717) is 30.4 Å². The van der Waals surface area contributed by atoms with Gasteiger partial charge in [0.25, 0.3) is 0 Å². The van der Waals surface area contributed by atoms with Crippen molar-refractivity contribution >= 4 is 11.9 Å². The number of para-hydroxylation sites is 2. The highest BCUT2D eigenvalue weighted by molar-refractivity contribution is 5.97. The van der Waals surface area contributed by atoms with Gasteiger partial charge in [0.1, 0.15) is 22.6 Å². The molecule has 1 atom stereocenters. The molecule has 0 saturated carbocycles. The Balaban J connectivity index is 1.98. The number of hydrogen-bond acceptors (Lipinski definition) is 5. The number of esters is 2. The lowest BCUT2D eigenvalue weighted by Crippen LogP contribution is -2.17. The highest BCUT2D eigenvalue weighted by Gasteiger charge is 2.20. The number of rotatable bonds is 17. The van der Waals surface area contributed by atoms with Crippen molar-refractivity contribution in [2.24, 2.45) is 5.92 Å². The zero-order valence-corrected chi connectivity index (χ0v) is 21.7. The van der Waals surface area contributed by atoms with E-state index in [1.54, 1.807) is 42.5 Å². The van der Waals surface area contributed by atoms with Crippen LogP contribution in [-0.4, -0.2) is 25.2 Å².